The molecule has 1 atom stereocenters. The summed E-state index contributed by atoms with van der Waals surface area (Å²) in [6.45, 7) is 8.80. The van der Waals surface area contributed by atoms with E-state index in [9.17, 15) is 4.79 Å². The van der Waals surface area contributed by atoms with Gasteiger partial charge in [0.15, 0.2) is 5.16 Å². The average Bonchev–Trinajstić information content (AvgIpc) is 3.07. The maximum absolute atomic E-state index is 12.3. The fourth-order valence-electron chi connectivity index (χ4n) is 3.02. The number of hydrogen-bond acceptors (Lipinski definition) is 4. The molecule has 0 aliphatic rings. The zero-order valence-electron chi connectivity index (χ0n) is 16.8. The number of benzene rings is 2. The van der Waals surface area contributed by atoms with Crippen molar-refractivity contribution in [3.63, 3.8) is 0 Å². The Balaban J connectivity index is 1.62. The summed E-state index contributed by atoms with van der Waals surface area (Å²) >= 11 is 1.41. The van der Waals surface area contributed by atoms with E-state index in [1.807, 2.05) is 29.7 Å². The zero-order valence-corrected chi connectivity index (χ0v) is 17.6. The summed E-state index contributed by atoms with van der Waals surface area (Å²) in [5.41, 5.74) is 4.61. The molecular weight excluding hydrogens is 368 g/mol. The van der Waals surface area contributed by atoms with Gasteiger partial charge in [0.1, 0.15) is 5.82 Å². The summed E-state index contributed by atoms with van der Waals surface area (Å²) in [7, 11) is 0. The third kappa shape index (κ3) is 4.81. The lowest BCUT2D eigenvalue weighted by atomic mass is 10.0. The highest BCUT2D eigenvalue weighted by Crippen LogP contribution is 2.24. The topological polar surface area (TPSA) is 59.8 Å². The van der Waals surface area contributed by atoms with Crippen molar-refractivity contribution >= 4 is 17.7 Å². The Labute approximate surface area is 170 Å². The van der Waals surface area contributed by atoms with Crippen LogP contribution in [0.1, 0.15) is 35.4 Å². The summed E-state index contributed by atoms with van der Waals surface area (Å²) in [4.78, 5) is 12.3. The molecular formula is C22H26N4OS. The Morgan fingerprint density at radius 2 is 1.86 bits per heavy atom. The number of aromatic nitrogens is 3. The van der Waals surface area contributed by atoms with Crippen LogP contribution in [0.5, 0.6) is 0 Å². The fourth-order valence-corrected chi connectivity index (χ4v) is 3.84. The monoisotopic (exact) mass is 394 g/mol. The van der Waals surface area contributed by atoms with Crippen molar-refractivity contribution in [3.8, 4) is 5.69 Å². The predicted molar refractivity (Wildman–Crippen MR) is 114 cm³/mol. The van der Waals surface area contributed by atoms with Gasteiger partial charge in [0, 0.05) is 6.54 Å². The van der Waals surface area contributed by atoms with Gasteiger partial charge in [0.25, 0.3) is 0 Å². The summed E-state index contributed by atoms with van der Waals surface area (Å²) in [6, 6.07) is 16.5. The van der Waals surface area contributed by atoms with Gasteiger partial charge in [-0.3, -0.25) is 9.36 Å². The van der Waals surface area contributed by atoms with Gasteiger partial charge in [-0.1, -0.05) is 61.2 Å². The Hall–Kier alpha value is -2.60. The third-order valence-electron chi connectivity index (χ3n) is 4.71. The highest BCUT2D eigenvalue weighted by atomic mass is 32.2. The number of amides is 1. The second-order valence-corrected chi connectivity index (χ2v) is 8.00. The number of nitrogens with one attached hydrogen (secondary N) is 1. The highest BCUT2D eigenvalue weighted by Gasteiger charge is 2.15. The van der Waals surface area contributed by atoms with Crippen LogP contribution in [-0.4, -0.2) is 33.0 Å². The van der Waals surface area contributed by atoms with Crippen LogP contribution < -0.4 is 5.32 Å². The summed E-state index contributed by atoms with van der Waals surface area (Å²) < 4.78 is 2.02. The number of aryl methyl sites for hydroxylation is 3. The molecule has 0 aliphatic heterocycles. The molecule has 1 aromatic heterocycles. The van der Waals surface area contributed by atoms with Crippen LogP contribution in [0.15, 0.2) is 53.7 Å². The molecule has 0 aliphatic carbocycles. The number of thioether (sulfide) groups is 1. The molecule has 1 N–H and O–H groups in total. The molecule has 0 spiro atoms. The number of carbonyl (C=O) groups excluding carboxylic acids is 1. The van der Waals surface area contributed by atoms with E-state index in [4.69, 9.17) is 0 Å². The van der Waals surface area contributed by atoms with E-state index in [1.54, 1.807) is 0 Å². The summed E-state index contributed by atoms with van der Waals surface area (Å²) in [5, 5.41) is 12.2. The van der Waals surface area contributed by atoms with E-state index in [-0.39, 0.29) is 11.8 Å². The van der Waals surface area contributed by atoms with Crippen LogP contribution in [0.25, 0.3) is 5.69 Å². The lowest BCUT2D eigenvalue weighted by molar-refractivity contribution is -0.118. The van der Waals surface area contributed by atoms with E-state index < -0.39 is 0 Å². The normalized spacial score (nSPS) is 12.0. The Morgan fingerprint density at radius 1 is 1.11 bits per heavy atom. The van der Waals surface area contributed by atoms with E-state index in [1.165, 1.54) is 22.9 Å². The van der Waals surface area contributed by atoms with Crippen LogP contribution in [-0.2, 0) is 4.79 Å². The molecule has 3 rings (SSSR count). The van der Waals surface area contributed by atoms with Crippen LogP contribution >= 0.6 is 11.8 Å². The number of hydrogen-bond donors (Lipinski definition) is 1. The minimum absolute atomic E-state index is 0.000878. The molecule has 28 heavy (non-hydrogen) atoms. The van der Waals surface area contributed by atoms with Gasteiger partial charge in [0.2, 0.25) is 5.91 Å². The summed E-state index contributed by atoms with van der Waals surface area (Å²) in [6.07, 6.45) is 0. The van der Waals surface area contributed by atoms with Crippen molar-refractivity contribution in [2.24, 2.45) is 0 Å². The number of nitrogens with zero attached hydrogens (tertiary/aromatic N) is 3. The molecule has 0 saturated carbocycles. The molecule has 0 radical (unpaired) electrons. The smallest absolute Gasteiger partial charge is 0.230 e. The van der Waals surface area contributed by atoms with Crippen LogP contribution in [0.2, 0.25) is 0 Å². The van der Waals surface area contributed by atoms with Gasteiger partial charge in [-0.15, -0.1) is 10.2 Å². The third-order valence-corrected chi connectivity index (χ3v) is 5.64. The Morgan fingerprint density at radius 3 is 2.61 bits per heavy atom. The SMILES string of the molecule is Cc1ccc(C)c(-n2c(C)nnc2SCC(=O)NCC(C)c2ccccc2)c1. The quantitative estimate of drug-likeness (QED) is 0.610. The first-order valence-electron chi connectivity index (χ1n) is 9.40. The van der Waals surface area contributed by atoms with Crippen LogP contribution in [0, 0.1) is 20.8 Å². The molecule has 0 fully saturated rings. The second-order valence-electron chi connectivity index (χ2n) is 7.06. The predicted octanol–water partition coefficient (Wildman–Crippen LogP) is 4.20. The minimum atomic E-state index is 0.000878. The van der Waals surface area contributed by atoms with Crippen LogP contribution in [0.4, 0.5) is 0 Å². The number of rotatable bonds is 7. The molecule has 5 nitrogen and oxygen atoms in total. The molecule has 0 bridgehead atoms. The van der Waals surface area contributed by atoms with Crippen LogP contribution in [0.3, 0.4) is 0 Å². The first-order valence-corrected chi connectivity index (χ1v) is 10.4. The lowest BCUT2D eigenvalue weighted by Crippen LogP contribution is -2.29. The van der Waals surface area contributed by atoms with Gasteiger partial charge in [0.05, 0.1) is 11.4 Å². The average molecular weight is 395 g/mol. The Kier molecular flexibility index (Phi) is 6.52. The van der Waals surface area contributed by atoms with E-state index in [0.29, 0.717) is 12.3 Å². The molecule has 1 heterocycles. The second kappa shape index (κ2) is 9.06. The maximum atomic E-state index is 12.3. The number of carbonyl (C=O) groups is 1. The molecule has 3 aromatic rings. The van der Waals surface area contributed by atoms with Gasteiger partial charge in [-0.05, 0) is 49.4 Å². The van der Waals surface area contributed by atoms with E-state index >= 15 is 0 Å². The van der Waals surface area contributed by atoms with Crippen molar-refractivity contribution in [3.05, 3.63) is 71.0 Å². The molecule has 1 unspecified atom stereocenters. The highest BCUT2D eigenvalue weighted by molar-refractivity contribution is 7.99. The molecule has 1 amide bonds. The summed E-state index contributed by atoms with van der Waals surface area (Å²) in [5.74, 6) is 1.40. The van der Waals surface area contributed by atoms with E-state index in [0.717, 1.165) is 22.2 Å². The molecule has 2 aromatic carbocycles. The van der Waals surface area contributed by atoms with Crippen molar-refractivity contribution in [2.75, 3.05) is 12.3 Å². The van der Waals surface area contributed by atoms with Crippen molar-refractivity contribution in [1.82, 2.24) is 20.1 Å². The van der Waals surface area contributed by atoms with Gasteiger partial charge < -0.3 is 5.32 Å². The zero-order chi connectivity index (χ0) is 20.1. The lowest BCUT2D eigenvalue weighted by Gasteiger charge is -2.14. The largest absolute Gasteiger partial charge is 0.355 e. The maximum Gasteiger partial charge on any atom is 0.230 e. The first-order chi connectivity index (χ1) is 13.5. The van der Waals surface area contributed by atoms with Crippen molar-refractivity contribution in [1.29, 1.82) is 0 Å². The first kappa shape index (κ1) is 20.1. The fraction of sp³-hybridized carbons (Fsp3) is 0.318. The van der Waals surface area contributed by atoms with Gasteiger partial charge in [-0.2, -0.15) is 0 Å². The standard InChI is InChI=1S/C22H26N4OS/c1-15-10-11-16(2)20(12-15)26-18(4)24-25-22(26)28-14-21(27)23-13-17(3)19-8-6-5-7-9-19/h5-12,17H,13-14H2,1-4H3,(H,23,27). The molecule has 6 heteroatoms. The van der Waals surface area contributed by atoms with Crippen molar-refractivity contribution < 1.29 is 4.79 Å². The molecule has 146 valence electrons. The Bertz CT molecular complexity index is 952. The van der Waals surface area contributed by atoms with E-state index in [2.05, 4.69) is 66.6 Å². The van der Waals surface area contributed by atoms with Gasteiger partial charge >= 0.3 is 0 Å². The molecule has 0 saturated heterocycles. The minimum Gasteiger partial charge on any atom is -0.355 e. The van der Waals surface area contributed by atoms with Gasteiger partial charge in [-0.25, -0.2) is 0 Å². The van der Waals surface area contributed by atoms with Crippen molar-refractivity contribution in [2.45, 2.75) is 38.8 Å².